The normalized spacial score (nSPS) is 11.2. The van der Waals surface area contributed by atoms with Crippen LogP contribution in [0.3, 0.4) is 0 Å². The van der Waals surface area contributed by atoms with Crippen molar-refractivity contribution in [1.29, 1.82) is 0 Å². The highest BCUT2D eigenvalue weighted by molar-refractivity contribution is 7.99. The van der Waals surface area contributed by atoms with Gasteiger partial charge in [0.2, 0.25) is 0 Å². The van der Waals surface area contributed by atoms with Crippen LogP contribution < -0.4 is 5.32 Å². The summed E-state index contributed by atoms with van der Waals surface area (Å²) in [4.78, 5) is 16.0. The number of carbonyl (C=O) groups is 1. The Morgan fingerprint density at radius 2 is 2.19 bits per heavy atom. The minimum absolute atomic E-state index is 0.0670. The lowest BCUT2D eigenvalue weighted by molar-refractivity contribution is 0.0950. The van der Waals surface area contributed by atoms with Crippen LogP contribution in [0.5, 0.6) is 0 Å². The maximum atomic E-state index is 11.6. The van der Waals surface area contributed by atoms with Crippen molar-refractivity contribution in [3.63, 3.8) is 0 Å². The monoisotopic (exact) mass is 238 g/mol. The molecule has 1 aromatic heterocycles. The molecule has 0 fully saturated rings. The van der Waals surface area contributed by atoms with E-state index >= 15 is 0 Å². The average Bonchev–Trinajstić information content (AvgIpc) is 2.29. The van der Waals surface area contributed by atoms with E-state index < -0.39 is 0 Å². The van der Waals surface area contributed by atoms with Crippen LogP contribution >= 0.6 is 11.8 Å². The van der Waals surface area contributed by atoms with E-state index in [0.717, 1.165) is 5.69 Å². The molecule has 0 aromatic carbocycles. The van der Waals surface area contributed by atoms with Crippen LogP contribution in [0.25, 0.3) is 0 Å². The van der Waals surface area contributed by atoms with Crippen molar-refractivity contribution >= 4 is 17.7 Å². The van der Waals surface area contributed by atoms with Gasteiger partial charge in [-0.05, 0) is 39.2 Å². The van der Waals surface area contributed by atoms with Gasteiger partial charge in [-0.15, -0.1) is 0 Å². The SMILES string of the molecule is CCNC(=O)c1cccc(C(C)(C)SC)n1. The summed E-state index contributed by atoms with van der Waals surface area (Å²) in [6.45, 7) is 6.72. The summed E-state index contributed by atoms with van der Waals surface area (Å²) in [6.07, 6.45) is 2.04. The number of pyridine rings is 1. The van der Waals surface area contributed by atoms with Crippen LogP contribution in [-0.2, 0) is 4.75 Å². The molecule has 0 aliphatic rings. The number of amides is 1. The first-order valence-electron chi connectivity index (χ1n) is 5.32. The van der Waals surface area contributed by atoms with Gasteiger partial charge in [-0.2, -0.15) is 11.8 Å². The molecule has 1 heterocycles. The van der Waals surface area contributed by atoms with Crippen molar-refractivity contribution in [2.75, 3.05) is 12.8 Å². The molecule has 1 N–H and O–H groups in total. The Morgan fingerprint density at radius 3 is 2.75 bits per heavy atom. The predicted molar refractivity (Wildman–Crippen MR) is 68.8 cm³/mol. The second kappa shape index (κ2) is 5.34. The molecule has 0 spiro atoms. The Kier molecular flexibility index (Phi) is 4.35. The van der Waals surface area contributed by atoms with Gasteiger partial charge in [-0.25, -0.2) is 4.98 Å². The zero-order chi connectivity index (χ0) is 12.2. The largest absolute Gasteiger partial charge is 0.351 e. The third kappa shape index (κ3) is 2.98. The molecule has 0 saturated heterocycles. The summed E-state index contributed by atoms with van der Waals surface area (Å²) in [7, 11) is 0. The van der Waals surface area contributed by atoms with E-state index in [0.29, 0.717) is 12.2 Å². The zero-order valence-electron chi connectivity index (χ0n) is 10.2. The van der Waals surface area contributed by atoms with Crippen molar-refractivity contribution in [1.82, 2.24) is 10.3 Å². The van der Waals surface area contributed by atoms with E-state index in [1.165, 1.54) is 0 Å². The first-order valence-corrected chi connectivity index (χ1v) is 6.54. The zero-order valence-corrected chi connectivity index (χ0v) is 11.0. The summed E-state index contributed by atoms with van der Waals surface area (Å²) in [5.41, 5.74) is 1.42. The highest BCUT2D eigenvalue weighted by Crippen LogP contribution is 2.31. The summed E-state index contributed by atoms with van der Waals surface area (Å²) >= 11 is 1.72. The highest BCUT2D eigenvalue weighted by Gasteiger charge is 2.21. The Labute approximate surface area is 101 Å². The van der Waals surface area contributed by atoms with Crippen LogP contribution in [0.15, 0.2) is 18.2 Å². The first kappa shape index (κ1) is 13.0. The Balaban J connectivity index is 3.00. The average molecular weight is 238 g/mol. The van der Waals surface area contributed by atoms with Crippen LogP contribution in [0.2, 0.25) is 0 Å². The number of hydrogen-bond donors (Lipinski definition) is 1. The third-order valence-electron chi connectivity index (χ3n) is 2.45. The van der Waals surface area contributed by atoms with Crippen molar-refractivity contribution in [2.45, 2.75) is 25.5 Å². The number of thioether (sulfide) groups is 1. The summed E-state index contributed by atoms with van der Waals surface area (Å²) in [6, 6.07) is 5.58. The molecular weight excluding hydrogens is 220 g/mol. The molecule has 1 amide bonds. The second-order valence-electron chi connectivity index (χ2n) is 3.98. The fourth-order valence-electron chi connectivity index (χ4n) is 1.25. The van der Waals surface area contributed by atoms with E-state index in [1.54, 1.807) is 17.8 Å². The molecule has 3 nitrogen and oxygen atoms in total. The molecule has 0 aliphatic heterocycles. The molecule has 0 aliphatic carbocycles. The Morgan fingerprint density at radius 1 is 1.50 bits per heavy atom. The fraction of sp³-hybridized carbons (Fsp3) is 0.500. The minimum atomic E-state index is -0.110. The molecule has 16 heavy (non-hydrogen) atoms. The summed E-state index contributed by atoms with van der Waals surface area (Å²) in [5.74, 6) is -0.110. The van der Waals surface area contributed by atoms with Crippen molar-refractivity contribution < 1.29 is 4.79 Å². The van der Waals surface area contributed by atoms with Gasteiger partial charge < -0.3 is 5.32 Å². The minimum Gasteiger partial charge on any atom is -0.351 e. The lowest BCUT2D eigenvalue weighted by Gasteiger charge is -2.21. The van der Waals surface area contributed by atoms with Gasteiger partial charge in [0.1, 0.15) is 5.69 Å². The summed E-state index contributed by atoms with van der Waals surface area (Å²) < 4.78 is -0.0670. The highest BCUT2D eigenvalue weighted by atomic mass is 32.2. The number of rotatable bonds is 4. The van der Waals surface area contributed by atoms with Gasteiger partial charge in [0.25, 0.3) is 5.91 Å². The van der Waals surface area contributed by atoms with E-state index in [9.17, 15) is 4.79 Å². The van der Waals surface area contributed by atoms with Gasteiger partial charge in [0, 0.05) is 6.54 Å². The van der Waals surface area contributed by atoms with Crippen molar-refractivity contribution in [3.05, 3.63) is 29.6 Å². The van der Waals surface area contributed by atoms with Gasteiger partial charge >= 0.3 is 0 Å². The maximum Gasteiger partial charge on any atom is 0.269 e. The van der Waals surface area contributed by atoms with Crippen LogP contribution in [0.1, 0.15) is 37.0 Å². The molecule has 1 aromatic rings. The molecular formula is C12H18N2OS. The molecule has 0 atom stereocenters. The first-order chi connectivity index (χ1) is 7.51. The van der Waals surface area contributed by atoms with Crippen molar-refractivity contribution in [3.8, 4) is 0 Å². The number of carbonyl (C=O) groups excluding carboxylic acids is 1. The standard InChI is InChI=1S/C12H18N2OS/c1-5-13-11(15)9-7-6-8-10(14-9)12(2,3)16-4/h6-8H,5H2,1-4H3,(H,13,15). The van der Waals surface area contributed by atoms with Gasteiger partial charge in [0.05, 0.1) is 10.4 Å². The second-order valence-corrected chi connectivity index (χ2v) is 5.41. The maximum absolute atomic E-state index is 11.6. The molecule has 0 radical (unpaired) electrons. The third-order valence-corrected chi connectivity index (χ3v) is 3.68. The van der Waals surface area contributed by atoms with E-state index in [4.69, 9.17) is 0 Å². The number of nitrogens with zero attached hydrogens (tertiary/aromatic N) is 1. The molecule has 0 bridgehead atoms. The Hall–Kier alpha value is -1.03. The number of hydrogen-bond acceptors (Lipinski definition) is 3. The van der Waals surface area contributed by atoms with Gasteiger partial charge in [-0.1, -0.05) is 6.07 Å². The van der Waals surface area contributed by atoms with E-state index in [2.05, 4.69) is 24.1 Å². The lowest BCUT2D eigenvalue weighted by Crippen LogP contribution is -2.25. The van der Waals surface area contributed by atoms with E-state index in [1.807, 2.05) is 25.3 Å². The van der Waals surface area contributed by atoms with Crippen LogP contribution in [-0.4, -0.2) is 23.7 Å². The fourth-order valence-corrected chi connectivity index (χ4v) is 1.57. The summed E-state index contributed by atoms with van der Waals surface area (Å²) in [5, 5.41) is 2.75. The quantitative estimate of drug-likeness (QED) is 0.876. The smallest absolute Gasteiger partial charge is 0.269 e. The number of nitrogens with one attached hydrogen (secondary N) is 1. The topological polar surface area (TPSA) is 42.0 Å². The molecule has 0 saturated carbocycles. The molecule has 0 unspecified atom stereocenters. The van der Waals surface area contributed by atoms with Gasteiger partial charge in [-0.3, -0.25) is 4.79 Å². The van der Waals surface area contributed by atoms with Crippen molar-refractivity contribution in [2.24, 2.45) is 0 Å². The Bertz CT molecular complexity index is 377. The predicted octanol–water partition coefficient (Wildman–Crippen LogP) is 2.43. The number of aromatic nitrogens is 1. The van der Waals surface area contributed by atoms with Crippen LogP contribution in [0.4, 0.5) is 0 Å². The van der Waals surface area contributed by atoms with E-state index in [-0.39, 0.29) is 10.7 Å². The lowest BCUT2D eigenvalue weighted by atomic mass is 10.1. The molecule has 4 heteroatoms. The molecule has 1 rings (SSSR count). The van der Waals surface area contributed by atoms with Crippen LogP contribution in [0, 0.1) is 0 Å². The molecule has 88 valence electrons. The van der Waals surface area contributed by atoms with Gasteiger partial charge in [0.15, 0.2) is 0 Å².